The van der Waals surface area contributed by atoms with Crippen molar-refractivity contribution in [2.45, 2.75) is 60.1 Å². The molecular weight excluding hydrogens is 344 g/mol. The van der Waals surface area contributed by atoms with Gasteiger partial charge in [-0.1, -0.05) is 12.1 Å². The van der Waals surface area contributed by atoms with Crippen molar-refractivity contribution in [3.8, 4) is 0 Å². The first kappa shape index (κ1) is 20.8. The standard InChI is InChI=1S/C21H30N2O4/c1-8-26-19(24)17-11-16-13(2)9-10-14(3)18(16)23(17)15(4)12-22-20(25)27-21(5,6)7/h9-11,15H,8,12H2,1-7H3,(H,22,25)/t15-/m1/s1. The Hall–Kier alpha value is -2.50. The maximum atomic E-state index is 12.5. The van der Waals surface area contributed by atoms with E-state index in [-0.39, 0.29) is 12.0 Å². The summed E-state index contributed by atoms with van der Waals surface area (Å²) in [5.41, 5.74) is 3.07. The van der Waals surface area contributed by atoms with Crippen LogP contribution in [0.5, 0.6) is 0 Å². The van der Waals surface area contributed by atoms with E-state index in [1.807, 2.05) is 64.3 Å². The molecule has 1 heterocycles. The highest BCUT2D eigenvalue weighted by Crippen LogP contribution is 2.30. The molecule has 1 aromatic carbocycles. The molecule has 1 N–H and O–H groups in total. The Bertz CT molecular complexity index is 846. The quantitative estimate of drug-likeness (QED) is 0.781. The lowest BCUT2D eigenvalue weighted by Crippen LogP contribution is -2.35. The van der Waals surface area contributed by atoms with Crippen molar-refractivity contribution in [3.05, 3.63) is 35.0 Å². The van der Waals surface area contributed by atoms with E-state index in [0.717, 1.165) is 22.0 Å². The van der Waals surface area contributed by atoms with Crippen LogP contribution in [0.15, 0.2) is 18.2 Å². The van der Waals surface area contributed by atoms with Gasteiger partial charge in [0.05, 0.1) is 12.1 Å². The Morgan fingerprint density at radius 2 is 1.81 bits per heavy atom. The Morgan fingerprint density at radius 1 is 1.19 bits per heavy atom. The fourth-order valence-electron chi connectivity index (χ4n) is 3.10. The van der Waals surface area contributed by atoms with E-state index < -0.39 is 11.7 Å². The molecule has 0 saturated carbocycles. The van der Waals surface area contributed by atoms with E-state index in [1.165, 1.54) is 0 Å². The number of fused-ring (bicyclic) bond motifs is 1. The molecule has 6 nitrogen and oxygen atoms in total. The Balaban J connectivity index is 2.39. The van der Waals surface area contributed by atoms with Crippen molar-refractivity contribution >= 4 is 23.0 Å². The lowest BCUT2D eigenvalue weighted by molar-refractivity contribution is 0.0512. The monoisotopic (exact) mass is 374 g/mol. The van der Waals surface area contributed by atoms with Gasteiger partial charge in [0.15, 0.2) is 0 Å². The SMILES string of the molecule is CCOC(=O)c1cc2c(C)ccc(C)c2n1[C@H](C)CNC(=O)OC(C)(C)C. The maximum Gasteiger partial charge on any atom is 0.407 e. The number of aryl methyl sites for hydroxylation is 2. The number of nitrogens with zero attached hydrogens (tertiary/aromatic N) is 1. The zero-order valence-electron chi connectivity index (χ0n) is 17.3. The van der Waals surface area contributed by atoms with Crippen LogP contribution in [0.4, 0.5) is 4.79 Å². The molecule has 0 aliphatic carbocycles. The fraction of sp³-hybridized carbons (Fsp3) is 0.524. The summed E-state index contributed by atoms with van der Waals surface area (Å²) < 4.78 is 12.5. The number of benzene rings is 1. The molecule has 0 spiro atoms. The van der Waals surface area contributed by atoms with Crippen LogP contribution in [0.1, 0.15) is 62.3 Å². The highest BCUT2D eigenvalue weighted by Gasteiger charge is 2.23. The predicted molar refractivity (Wildman–Crippen MR) is 106 cm³/mol. The van der Waals surface area contributed by atoms with Crippen LogP contribution >= 0.6 is 0 Å². The third kappa shape index (κ3) is 4.81. The lowest BCUT2D eigenvalue weighted by atomic mass is 10.1. The molecule has 0 aliphatic heterocycles. The van der Waals surface area contributed by atoms with E-state index in [1.54, 1.807) is 6.92 Å². The van der Waals surface area contributed by atoms with Gasteiger partial charge in [-0.25, -0.2) is 9.59 Å². The summed E-state index contributed by atoms with van der Waals surface area (Å²) >= 11 is 0. The molecule has 148 valence electrons. The molecule has 1 aromatic heterocycles. The predicted octanol–water partition coefficient (Wildman–Crippen LogP) is 4.52. The van der Waals surface area contributed by atoms with E-state index >= 15 is 0 Å². The molecule has 1 amide bonds. The minimum absolute atomic E-state index is 0.157. The largest absolute Gasteiger partial charge is 0.461 e. The molecule has 2 rings (SSSR count). The lowest BCUT2D eigenvalue weighted by Gasteiger charge is -2.23. The number of carbonyl (C=O) groups excluding carboxylic acids is 2. The first-order valence-electron chi connectivity index (χ1n) is 9.30. The number of rotatable bonds is 5. The van der Waals surface area contributed by atoms with Gasteiger partial charge in [0.2, 0.25) is 0 Å². The van der Waals surface area contributed by atoms with Gasteiger partial charge >= 0.3 is 12.1 Å². The fourth-order valence-corrected chi connectivity index (χ4v) is 3.10. The van der Waals surface area contributed by atoms with Crippen LogP contribution in [0.25, 0.3) is 10.9 Å². The van der Waals surface area contributed by atoms with E-state index in [9.17, 15) is 9.59 Å². The van der Waals surface area contributed by atoms with Crippen LogP contribution in [0.2, 0.25) is 0 Å². The maximum absolute atomic E-state index is 12.5. The van der Waals surface area contributed by atoms with Gasteiger partial charge in [-0.3, -0.25) is 0 Å². The minimum Gasteiger partial charge on any atom is -0.461 e. The second-order valence-corrected chi connectivity index (χ2v) is 7.81. The molecule has 27 heavy (non-hydrogen) atoms. The number of hydrogen-bond donors (Lipinski definition) is 1. The van der Waals surface area contributed by atoms with Gasteiger partial charge in [-0.05, 0) is 65.7 Å². The molecular formula is C21H30N2O4. The highest BCUT2D eigenvalue weighted by molar-refractivity contribution is 5.98. The average molecular weight is 374 g/mol. The second-order valence-electron chi connectivity index (χ2n) is 7.81. The number of nitrogens with one attached hydrogen (secondary N) is 1. The number of carbonyl (C=O) groups is 2. The summed E-state index contributed by atoms with van der Waals surface area (Å²) in [6, 6.07) is 5.80. The van der Waals surface area contributed by atoms with E-state index in [4.69, 9.17) is 9.47 Å². The Labute approximate surface area is 160 Å². The summed E-state index contributed by atoms with van der Waals surface area (Å²) in [5, 5.41) is 3.81. The van der Waals surface area contributed by atoms with E-state index in [2.05, 4.69) is 5.32 Å². The number of aromatic nitrogens is 1. The summed E-state index contributed by atoms with van der Waals surface area (Å²) in [5.74, 6) is -0.364. The van der Waals surface area contributed by atoms with E-state index in [0.29, 0.717) is 18.8 Å². The van der Waals surface area contributed by atoms with Gasteiger partial charge < -0.3 is 19.4 Å². The Kier molecular flexibility index (Phi) is 6.19. The smallest absolute Gasteiger partial charge is 0.407 e. The van der Waals surface area contributed by atoms with Crippen LogP contribution in [-0.2, 0) is 9.47 Å². The molecule has 2 aromatic rings. The van der Waals surface area contributed by atoms with Crippen LogP contribution in [-0.4, -0.2) is 35.4 Å². The van der Waals surface area contributed by atoms with Gasteiger partial charge in [0.25, 0.3) is 0 Å². The molecule has 6 heteroatoms. The zero-order valence-corrected chi connectivity index (χ0v) is 17.3. The topological polar surface area (TPSA) is 69.6 Å². The molecule has 0 bridgehead atoms. The third-order valence-corrected chi connectivity index (χ3v) is 4.28. The molecule has 1 atom stereocenters. The molecule has 0 saturated heterocycles. The third-order valence-electron chi connectivity index (χ3n) is 4.28. The van der Waals surface area contributed by atoms with Crippen molar-refractivity contribution in [1.82, 2.24) is 9.88 Å². The summed E-state index contributed by atoms with van der Waals surface area (Å²) in [4.78, 5) is 24.5. The summed E-state index contributed by atoms with van der Waals surface area (Å²) in [7, 11) is 0. The molecule has 0 aliphatic rings. The summed E-state index contributed by atoms with van der Waals surface area (Å²) in [6.45, 7) is 13.9. The normalized spacial score (nSPS) is 12.7. The zero-order chi connectivity index (χ0) is 20.4. The van der Waals surface area contributed by atoms with Gasteiger partial charge in [-0.15, -0.1) is 0 Å². The van der Waals surface area contributed by atoms with Gasteiger partial charge in [-0.2, -0.15) is 0 Å². The summed E-state index contributed by atoms with van der Waals surface area (Å²) in [6.07, 6.45) is -0.476. The highest BCUT2D eigenvalue weighted by atomic mass is 16.6. The molecule has 0 fully saturated rings. The van der Waals surface area contributed by atoms with Crippen molar-refractivity contribution < 1.29 is 19.1 Å². The van der Waals surface area contributed by atoms with Gasteiger partial charge in [0, 0.05) is 18.0 Å². The number of amides is 1. The van der Waals surface area contributed by atoms with Crippen LogP contribution < -0.4 is 5.32 Å². The second kappa shape index (κ2) is 8.03. The van der Waals surface area contributed by atoms with Crippen LogP contribution in [0.3, 0.4) is 0 Å². The minimum atomic E-state index is -0.558. The van der Waals surface area contributed by atoms with Crippen molar-refractivity contribution in [3.63, 3.8) is 0 Å². The first-order chi connectivity index (χ1) is 12.5. The van der Waals surface area contributed by atoms with Crippen LogP contribution in [0, 0.1) is 13.8 Å². The van der Waals surface area contributed by atoms with Gasteiger partial charge in [0.1, 0.15) is 11.3 Å². The number of alkyl carbamates (subject to hydrolysis) is 1. The Morgan fingerprint density at radius 3 is 2.41 bits per heavy atom. The average Bonchev–Trinajstić information content (AvgIpc) is 2.97. The number of hydrogen-bond acceptors (Lipinski definition) is 4. The van der Waals surface area contributed by atoms with Crippen molar-refractivity contribution in [1.29, 1.82) is 0 Å². The van der Waals surface area contributed by atoms with Crippen molar-refractivity contribution in [2.24, 2.45) is 0 Å². The molecule has 0 unspecified atom stereocenters. The first-order valence-corrected chi connectivity index (χ1v) is 9.30. The number of ether oxygens (including phenoxy) is 2. The number of esters is 1. The molecule has 0 radical (unpaired) electrons. The van der Waals surface area contributed by atoms with Crippen molar-refractivity contribution in [2.75, 3.05) is 13.2 Å².